The van der Waals surface area contributed by atoms with Gasteiger partial charge in [-0.1, -0.05) is 23.7 Å². The average Bonchev–Trinajstić information content (AvgIpc) is 2.99. The van der Waals surface area contributed by atoms with Crippen molar-refractivity contribution < 1.29 is 19.1 Å². The summed E-state index contributed by atoms with van der Waals surface area (Å²) in [6.45, 7) is 3.54. The van der Waals surface area contributed by atoms with Crippen molar-refractivity contribution in [3.63, 3.8) is 0 Å². The van der Waals surface area contributed by atoms with Gasteiger partial charge in [-0.25, -0.2) is 0 Å². The van der Waals surface area contributed by atoms with Gasteiger partial charge in [0, 0.05) is 18.1 Å². The van der Waals surface area contributed by atoms with Crippen molar-refractivity contribution >= 4 is 29.4 Å². The van der Waals surface area contributed by atoms with Crippen LogP contribution in [0.3, 0.4) is 0 Å². The summed E-state index contributed by atoms with van der Waals surface area (Å²) in [6.07, 6.45) is 0. The van der Waals surface area contributed by atoms with Gasteiger partial charge in [-0.2, -0.15) is 0 Å². The number of hydrogen-bond donors (Lipinski definition) is 1. The second-order valence-corrected chi connectivity index (χ2v) is 6.77. The van der Waals surface area contributed by atoms with Crippen molar-refractivity contribution in [3.05, 3.63) is 34.9 Å². The van der Waals surface area contributed by atoms with Crippen molar-refractivity contribution in [2.75, 3.05) is 13.7 Å². The Labute approximate surface area is 145 Å². The second kappa shape index (κ2) is 5.86. The molecule has 0 unspecified atom stereocenters. The average molecular weight is 351 g/mol. The molecule has 0 aliphatic carbocycles. The molecule has 24 heavy (non-hydrogen) atoms. The number of nitrogens with zero attached hydrogens (tertiary/aromatic N) is 1. The van der Waals surface area contributed by atoms with Gasteiger partial charge in [0.25, 0.3) is 0 Å². The molecule has 2 heterocycles. The van der Waals surface area contributed by atoms with Gasteiger partial charge < -0.3 is 4.74 Å². The van der Waals surface area contributed by atoms with Gasteiger partial charge in [0.1, 0.15) is 5.54 Å². The summed E-state index contributed by atoms with van der Waals surface area (Å²) in [4.78, 5) is 38.8. The van der Waals surface area contributed by atoms with Crippen LogP contribution in [-0.2, 0) is 19.1 Å². The van der Waals surface area contributed by atoms with E-state index in [1.165, 1.54) is 7.05 Å². The van der Waals surface area contributed by atoms with Crippen LogP contribution < -0.4 is 5.32 Å². The molecule has 2 saturated heterocycles. The Hall–Kier alpha value is -1.92. The fraction of sp³-hybridized carbons (Fsp3) is 0.471. The number of carbonyl (C=O) groups excluding carboxylic acids is 3. The van der Waals surface area contributed by atoms with Gasteiger partial charge in [-0.05, 0) is 31.5 Å². The molecule has 0 bridgehead atoms. The lowest BCUT2D eigenvalue weighted by molar-refractivity contribution is -0.155. The van der Waals surface area contributed by atoms with Crippen molar-refractivity contribution in [1.82, 2.24) is 10.2 Å². The lowest BCUT2D eigenvalue weighted by atomic mass is 9.80. The summed E-state index contributed by atoms with van der Waals surface area (Å²) in [7, 11) is 1.45. The van der Waals surface area contributed by atoms with E-state index in [9.17, 15) is 14.4 Å². The third-order valence-electron chi connectivity index (χ3n) is 4.94. The van der Waals surface area contributed by atoms with Crippen LogP contribution in [0.5, 0.6) is 0 Å². The molecular formula is C17H19ClN2O4. The van der Waals surface area contributed by atoms with E-state index in [0.29, 0.717) is 5.02 Å². The molecule has 7 heteroatoms. The Bertz CT molecular complexity index is 705. The number of rotatable bonds is 3. The van der Waals surface area contributed by atoms with E-state index in [4.69, 9.17) is 16.3 Å². The number of carbonyl (C=O) groups is 3. The first-order chi connectivity index (χ1) is 11.3. The Morgan fingerprint density at radius 3 is 2.50 bits per heavy atom. The van der Waals surface area contributed by atoms with Gasteiger partial charge in [0.05, 0.1) is 18.4 Å². The Balaban J connectivity index is 2.06. The number of esters is 1. The molecule has 4 atom stereocenters. The molecule has 0 aromatic heterocycles. The number of imide groups is 1. The number of nitrogens with one attached hydrogen (secondary N) is 1. The normalized spacial score (nSPS) is 32.2. The van der Waals surface area contributed by atoms with Crippen LogP contribution in [0.4, 0.5) is 0 Å². The minimum Gasteiger partial charge on any atom is -0.465 e. The zero-order chi connectivity index (χ0) is 17.6. The van der Waals surface area contributed by atoms with Crippen LogP contribution >= 0.6 is 11.6 Å². The molecule has 1 aromatic rings. The smallest absolute Gasteiger partial charge is 0.326 e. The maximum absolute atomic E-state index is 12.6. The molecule has 2 fully saturated rings. The fourth-order valence-corrected chi connectivity index (χ4v) is 3.83. The summed E-state index contributed by atoms with van der Waals surface area (Å²) < 4.78 is 5.15. The van der Waals surface area contributed by atoms with Gasteiger partial charge >= 0.3 is 5.97 Å². The molecule has 1 aromatic carbocycles. The number of halogens is 1. The van der Waals surface area contributed by atoms with E-state index in [1.807, 2.05) is 0 Å². The van der Waals surface area contributed by atoms with Gasteiger partial charge in [-0.3, -0.25) is 24.6 Å². The molecule has 0 saturated carbocycles. The van der Waals surface area contributed by atoms with Crippen molar-refractivity contribution in [3.8, 4) is 0 Å². The highest BCUT2D eigenvalue weighted by Gasteiger charge is 2.66. The number of benzene rings is 1. The van der Waals surface area contributed by atoms with E-state index in [0.717, 1.165) is 10.5 Å². The molecule has 2 amide bonds. The monoisotopic (exact) mass is 350 g/mol. The topological polar surface area (TPSA) is 75.7 Å². The highest BCUT2D eigenvalue weighted by atomic mass is 35.5. The van der Waals surface area contributed by atoms with Crippen LogP contribution in [0.25, 0.3) is 0 Å². The Kier molecular flexibility index (Phi) is 4.13. The van der Waals surface area contributed by atoms with Crippen LogP contribution in [-0.4, -0.2) is 41.9 Å². The predicted octanol–water partition coefficient (Wildman–Crippen LogP) is 1.54. The quantitative estimate of drug-likeness (QED) is 0.661. The number of hydrogen-bond acceptors (Lipinski definition) is 5. The summed E-state index contributed by atoms with van der Waals surface area (Å²) in [5.41, 5.74) is -0.443. The number of ether oxygens (including phenoxy) is 1. The first-order valence-electron chi connectivity index (χ1n) is 7.83. The fourth-order valence-electron chi connectivity index (χ4n) is 3.71. The van der Waals surface area contributed by atoms with Crippen LogP contribution in [0.1, 0.15) is 25.5 Å². The van der Waals surface area contributed by atoms with Gasteiger partial charge in [0.2, 0.25) is 11.8 Å². The highest BCUT2D eigenvalue weighted by Crippen LogP contribution is 2.48. The number of amides is 2. The molecule has 0 spiro atoms. The van der Waals surface area contributed by atoms with Crippen LogP contribution in [0.15, 0.2) is 24.3 Å². The minimum atomic E-state index is -1.25. The van der Waals surface area contributed by atoms with E-state index in [1.54, 1.807) is 38.1 Å². The summed E-state index contributed by atoms with van der Waals surface area (Å²) in [5.74, 6) is -2.59. The molecule has 128 valence electrons. The first-order valence-corrected chi connectivity index (χ1v) is 8.21. The number of fused-ring (bicyclic) bond motifs is 1. The standard InChI is InChI=1S/C17H19ClN2O4/c1-4-24-16(23)17(2)12-11(14(21)20(3)15(12)22)13(19-17)9-5-7-10(18)8-6-9/h5-8,11-13,19H,4H2,1-3H3/t11-,12+,13-,17-/m1/s1. The van der Waals surface area contributed by atoms with Gasteiger partial charge in [0.15, 0.2) is 0 Å². The summed E-state index contributed by atoms with van der Waals surface area (Å²) in [5, 5.41) is 3.76. The lowest BCUT2D eigenvalue weighted by Crippen LogP contribution is -2.53. The van der Waals surface area contributed by atoms with E-state index < -0.39 is 29.4 Å². The van der Waals surface area contributed by atoms with Crippen molar-refractivity contribution in [1.29, 1.82) is 0 Å². The van der Waals surface area contributed by atoms with Crippen molar-refractivity contribution in [2.24, 2.45) is 11.8 Å². The SMILES string of the molecule is CCOC(=O)[C@]1(C)N[C@H](c2ccc(Cl)cc2)[C@@H]2C(=O)N(C)C(=O)[C@H]21. The molecule has 3 rings (SSSR count). The van der Waals surface area contributed by atoms with E-state index in [2.05, 4.69) is 5.32 Å². The molecule has 2 aliphatic rings. The largest absolute Gasteiger partial charge is 0.465 e. The molecule has 2 aliphatic heterocycles. The van der Waals surface area contributed by atoms with Crippen molar-refractivity contribution in [2.45, 2.75) is 25.4 Å². The molecular weight excluding hydrogens is 332 g/mol. The maximum atomic E-state index is 12.6. The lowest BCUT2D eigenvalue weighted by Gasteiger charge is -2.28. The van der Waals surface area contributed by atoms with E-state index >= 15 is 0 Å². The summed E-state index contributed by atoms with van der Waals surface area (Å²) >= 11 is 5.93. The zero-order valence-corrected chi connectivity index (χ0v) is 14.5. The third-order valence-corrected chi connectivity index (χ3v) is 5.19. The highest BCUT2D eigenvalue weighted by molar-refractivity contribution is 6.30. The third kappa shape index (κ3) is 2.32. The van der Waals surface area contributed by atoms with E-state index in [-0.39, 0.29) is 18.4 Å². The first kappa shape index (κ1) is 16.9. The Morgan fingerprint density at radius 2 is 1.92 bits per heavy atom. The second-order valence-electron chi connectivity index (χ2n) is 6.34. The molecule has 1 N–H and O–H groups in total. The summed E-state index contributed by atoms with van der Waals surface area (Å²) in [6, 6.07) is 6.58. The number of likely N-dealkylation sites (tertiary alicyclic amines) is 1. The van der Waals surface area contributed by atoms with Crippen LogP contribution in [0.2, 0.25) is 5.02 Å². The Morgan fingerprint density at radius 1 is 1.29 bits per heavy atom. The maximum Gasteiger partial charge on any atom is 0.326 e. The minimum absolute atomic E-state index is 0.205. The van der Waals surface area contributed by atoms with Gasteiger partial charge in [-0.15, -0.1) is 0 Å². The zero-order valence-electron chi connectivity index (χ0n) is 13.7. The molecule has 0 radical (unpaired) electrons. The molecule has 6 nitrogen and oxygen atoms in total. The van der Waals surface area contributed by atoms with Crippen LogP contribution in [0, 0.1) is 11.8 Å². The predicted molar refractivity (Wildman–Crippen MR) is 87.1 cm³/mol.